The molecule has 0 radical (unpaired) electrons. The SMILES string of the molecule is O=C(NS(=O)(=O)C=Cc1ccccc1)C1CC1c1cccc(F)c1. The lowest BCUT2D eigenvalue weighted by molar-refractivity contribution is -0.120. The number of carbonyl (C=O) groups excluding carboxylic acids is 1. The first kappa shape index (κ1) is 16.4. The Hall–Kier alpha value is -2.47. The van der Waals surface area contributed by atoms with Crippen molar-refractivity contribution in [2.24, 2.45) is 5.92 Å². The molecule has 0 saturated heterocycles. The Bertz CT molecular complexity index is 878. The van der Waals surface area contributed by atoms with Crippen LogP contribution in [0.3, 0.4) is 0 Å². The molecule has 1 fully saturated rings. The molecule has 1 aliphatic rings. The summed E-state index contributed by atoms with van der Waals surface area (Å²) in [6, 6.07) is 15.0. The summed E-state index contributed by atoms with van der Waals surface area (Å²) in [5, 5.41) is 0.972. The van der Waals surface area contributed by atoms with Gasteiger partial charge >= 0.3 is 0 Å². The number of rotatable bonds is 5. The van der Waals surface area contributed by atoms with E-state index in [4.69, 9.17) is 0 Å². The van der Waals surface area contributed by atoms with Crippen molar-refractivity contribution in [2.75, 3.05) is 0 Å². The Morgan fingerprint density at radius 1 is 1.12 bits per heavy atom. The smallest absolute Gasteiger partial charge is 0.257 e. The van der Waals surface area contributed by atoms with Gasteiger partial charge in [0.25, 0.3) is 10.0 Å². The van der Waals surface area contributed by atoms with Gasteiger partial charge in [0.05, 0.1) is 5.41 Å². The molecule has 2 atom stereocenters. The lowest BCUT2D eigenvalue weighted by atomic mass is 10.1. The van der Waals surface area contributed by atoms with Gasteiger partial charge in [0.1, 0.15) is 5.82 Å². The number of nitrogens with one attached hydrogen (secondary N) is 1. The highest BCUT2D eigenvalue weighted by molar-refractivity contribution is 7.93. The molecule has 6 heteroatoms. The van der Waals surface area contributed by atoms with Gasteiger partial charge in [0.15, 0.2) is 0 Å². The van der Waals surface area contributed by atoms with Gasteiger partial charge in [-0.2, -0.15) is 0 Å². The molecule has 1 amide bonds. The summed E-state index contributed by atoms with van der Waals surface area (Å²) in [6.45, 7) is 0. The quantitative estimate of drug-likeness (QED) is 0.906. The molecule has 3 rings (SSSR count). The second-order valence-corrected chi connectivity index (χ2v) is 7.29. The maximum absolute atomic E-state index is 13.2. The van der Waals surface area contributed by atoms with Gasteiger partial charge in [-0.15, -0.1) is 0 Å². The van der Waals surface area contributed by atoms with E-state index in [9.17, 15) is 17.6 Å². The van der Waals surface area contributed by atoms with Crippen LogP contribution in [0.2, 0.25) is 0 Å². The molecule has 0 heterocycles. The van der Waals surface area contributed by atoms with E-state index >= 15 is 0 Å². The fourth-order valence-electron chi connectivity index (χ4n) is 2.57. The predicted octanol–water partition coefficient (Wildman–Crippen LogP) is 3.05. The molecule has 1 aliphatic carbocycles. The number of benzene rings is 2. The summed E-state index contributed by atoms with van der Waals surface area (Å²) in [5.41, 5.74) is 1.44. The summed E-state index contributed by atoms with van der Waals surface area (Å²) >= 11 is 0. The van der Waals surface area contributed by atoms with Gasteiger partial charge in [0, 0.05) is 5.92 Å². The minimum atomic E-state index is -3.85. The summed E-state index contributed by atoms with van der Waals surface area (Å²) < 4.78 is 39.2. The minimum absolute atomic E-state index is 0.131. The minimum Gasteiger partial charge on any atom is -0.274 e. The van der Waals surface area contributed by atoms with Crippen molar-refractivity contribution in [2.45, 2.75) is 12.3 Å². The molecule has 24 heavy (non-hydrogen) atoms. The molecule has 2 aromatic carbocycles. The molecular weight excluding hydrogens is 329 g/mol. The number of hydrogen-bond donors (Lipinski definition) is 1. The van der Waals surface area contributed by atoms with Crippen molar-refractivity contribution < 1.29 is 17.6 Å². The van der Waals surface area contributed by atoms with Crippen LogP contribution in [0, 0.1) is 11.7 Å². The first-order chi connectivity index (χ1) is 11.4. The highest BCUT2D eigenvalue weighted by atomic mass is 32.2. The first-order valence-electron chi connectivity index (χ1n) is 7.50. The largest absolute Gasteiger partial charge is 0.274 e. The Labute approximate surface area is 140 Å². The molecular formula is C18H16FNO3S. The summed E-state index contributed by atoms with van der Waals surface area (Å²) in [5.74, 6) is -1.49. The van der Waals surface area contributed by atoms with Gasteiger partial charge in [-0.3, -0.25) is 4.79 Å². The number of halogens is 1. The lowest BCUT2D eigenvalue weighted by Crippen LogP contribution is -2.30. The summed E-state index contributed by atoms with van der Waals surface area (Å²) in [7, 11) is -3.85. The zero-order valence-corrected chi connectivity index (χ0v) is 13.5. The fourth-order valence-corrected chi connectivity index (χ4v) is 3.41. The normalized spacial score (nSPS) is 20.0. The number of carbonyl (C=O) groups is 1. The molecule has 0 aliphatic heterocycles. The van der Waals surface area contributed by atoms with Crippen LogP contribution in [-0.4, -0.2) is 14.3 Å². The first-order valence-corrected chi connectivity index (χ1v) is 9.04. The van der Waals surface area contributed by atoms with E-state index in [-0.39, 0.29) is 11.7 Å². The van der Waals surface area contributed by atoms with Gasteiger partial charge < -0.3 is 0 Å². The van der Waals surface area contributed by atoms with Crippen molar-refractivity contribution in [1.82, 2.24) is 4.72 Å². The average molecular weight is 345 g/mol. The van der Waals surface area contributed by atoms with E-state index in [1.165, 1.54) is 18.2 Å². The van der Waals surface area contributed by atoms with Crippen molar-refractivity contribution >= 4 is 22.0 Å². The molecule has 2 aromatic rings. The van der Waals surface area contributed by atoms with E-state index in [0.717, 1.165) is 11.0 Å². The second kappa shape index (κ2) is 6.57. The van der Waals surface area contributed by atoms with Crippen molar-refractivity contribution in [3.8, 4) is 0 Å². The molecule has 1 N–H and O–H groups in total. The lowest BCUT2D eigenvalue weighted by Gasteiger charge is -2.03. The van der Waals surface area contributed by atoms with Crippen molar-refractivity contribution in [1.29, 1.82) is 0 Å². The zero-order valence-electron chi connectivity index (χ0n) is 12.7. The maximum Gasteiger partial charge on any atom is 0.257 e. The third kappa shape index (κ3) is 4.08. The van der Waals surface area contributed by atoms with E-state index in [1.54, 1.807) is 36.4 Å². The Morgan fingerprint density at radius 2 is 1.88 bits per heavy atom. The van der Waals surface area contributed by atoms with Crippen LogP contribution < -0.4 is 4.72 Å². The standard InChI is InChI=1S/C18H16FNO3S/c19-15-8-4-7-14(11-15)16-12-17(16)18(21)20-24(22,23)10-9-13-5-2-1-3-6-13/h1-11,16-17H,12H2,(H,20,21). The van der Waals surface area contributed by atoms with Gasteiger partial charge in [-0.25, -0.2) is 17.5 Å². The molecule has 1 saturated carbocycles. The Kier molecular flexibility index (Phi) is 4.49. The topological polar surface area (TPSA) is 63.2 Å². The van der Waals surface area contributed by atoms with E-state index in [1.807, 2.05) is 6.07 Å². The molecule has 2 unspecified atom stereocenters. The van der Waals surface area contributed by atoms with Crippen LogP contribution in [-0.2, 0) is 14.8 Å². The molecule has 0 bridgehead atoms. The van der Waals surface area contributed by atoms with E-state index in [2.05, 4.69) is 4.72 Å². The van der Waals surface area contributed by atoms with E-state index in [0.29, 0.717) is 12.0 Å². The summed E-state index contributed by atoms with van der Waals surface area (Å²) in [6.07, 6.45) is 1.94. The van der Waals surface area contributed by atoms with Crippen LogP contribution in [0.5, 0.6) is 0 Å². The third-order valence-corrected chi connectivity index (χ3v) is 4.87. The third-order valence-electron chi connectivity index (χ3n) is 3.89. The van der Waals surface area contributed by atoms with Gasteiger partial charge in [-0.05, 0) is 41.7 Å². The Morgan fingerprint density at radius 3 is 2.58 bits per heavy atom. The van der Waals surface area contributed by atoms with Crippen LogP contribution in [0.4, 0.5) is 4.39 Å². The van der Waals surface area contributed by atoms with Crippen LogP contribution >= 0.6 is 0 Å². The molecule has 0 aromatic heterocycles. The van der Waals surface area contributed by atoms with Crippen LogP contribution in [0.25, 0.3) is 6.08 Å². The number of sulfonamides is 1. The zero-order chi connectivity index (χ0) is 17.2. The van der Waals surface area contributed by atoms with Gasteiger partial charge in [-0.1, -0.05) is 42.5 Å². The van der Waals surface area contributed by atoms with Gasteiger partial charge in [0.2, 0.25) is 5.91 Å². The fraction of sp³-hybridized carbons (Fsp3) is 0.167. The Balaban J connectivity index is 1.62. The highest BCUT2D eigenvalue weighted by Crippen LogP contribution is 2.47. The predicted molar refractivity (Wildman–Crippen MR) is 89.8 cm³/mol. The number of hydrogen-bond acceptors (Lipinski definition) is 3. The van der Waals surface area contributed by atoms with Crippen LogP contribution in [0.15, 0.2) is 60.0 Å². The highest BCUT2D eigenvalue weighted by Gasteiger charge is 2.44. The van der Waals surface area contributed by atoms with Crippen molar-refractivity contribution in [3.05, 3.63) is 76.9 Å². The molecule has 0 spiro atoms. The number of amides is 1. The summed E-state index contributed by atoms with van der Waals surface area (Å²) in [4.78, 5) is 12.1. The maximum atomic E-state index is 13.2. The average Bonchev–Trinajstić information content (AvgIpc) is 3.35. The second-order valence-electron chi connectivity index (χ2n) is 5.73. The monoisotopic (exact) mass is 345 g/mol. The van der Waals surface area contributed by atoms with Crippen LogP contribution in [0.1, 0.15) is 23.5 Å². The van der Waals surface area contributed by atoms with E-state index < -0.39 is 21.8 Å². The van der Waals surface area contributed by atoms with Crippen molar-refractivity contribution in [3.63, 3.8) is 0 Å². The molecule has 124 valence electrons. The molecule has 4 nitrogen and oxygen atoms in total.